The fourth-order valence-corrected chi connectivity index (χ4v) is 3.46. The summed E-state index contributed by atoms with van der Waals surface area (Å²) in [4.78, 5) is 30.3. The van der Waals surface area contributed by atoms with Gasteiger partial charge in [0.25, 0.3) is 11.5 Å². The molecule has 156 valence electrons. The molecule has 0 unspecified atom stereocenters. The lowest BCUT2D eigenvalue weighted by Gasteiger charge is -2.11. The summed E-state index contributed by atoms with van der Waals surface area (Å²) >= 11 is 0. The molecule has 4 rings (SSSR count). The average molecular weight is 413 g/mol. The van der Waals surface area contributed by atoms with Crippen LogP contribution in [-0.4, -0.2) is 22.6 Å². The van der Waals surface area contributed by atoms with Gasteiger partial charge < -0.3 is 14.6 Å². The Morgan fingerprint density at radius 1 is 1.03 bits per heavy atom. The first-order valence-electron chi connectivity index (χ1n) is 10.0. The van der Waals surface area contributed by atoms with E-state index in [0.717, 1.165) is 16.9 Å². The molecular weight excluding hydrogens is 390 g/mol. The average Bonchev–Trinajstić information content (AvgIpc) is 2.80. The summed E-state index contributed by atoms with van der Waals surface area (Å²) in [5.74, 6) is 0.497. The summed E-state index contributed by atoms with van der Waals surface area (Å²) in [7, 11) is 1.61. The Morgan fingerprint density at radius 3 is 2.48 bits per heavy atom. The molecule has 2 aromatic heterocycles. The summed E-state index contributed by atoms with van der Waals surface area (Å²) in [6.45, 7) is 2.60. The van der Waals surface area contributed by atoms with Gasteiger partial charge in [0.15, 0.2) is 0 Å². The predicted octanol–water partition coefficient (Wildman–Crippen LogP) is 3.69. The van der Waals surface area contributed by atoms with E-state index in [4.69, 9.17) is 4.74 Å². The first kappa shape index (κ1) is 20.3. The van der Waals surface area contributed by atoms with Gasteiger partial charge in [0.1, 0.15) is 5.75 Å². The summed E-state index contributed by atoms with van der Waals surface area (Å²) in [6, 6.07) is 20.7. The van der Waals surface area contributed by atoms with Gasteiger partial charge in [-0.05, 0) is 42.3 Å². The van der Waals surface area contributed by atoms with E-state index in [-0.39, 0.29) is 11.5 Å². The van der Waals surface area contributed by atoms with Gasteiger partial charge in [0, 0.05) is 12.7 Å². The first-order valence-corrected chi connectivity index (χ1v) is 10.0. The SMILES string of the molecule is COc1ccc(CNC(=O)c2cc3c(=O)n(Cc4ccccc4)ccc3nc2C)cc1. The smallest absolute Gasteiger partial charge is 0.260 e. The van der Waals surface area contributed by atoms with Gasteiger partial charge in [-0.2, -0.15) is 0 Å². The Hall–Kier alpha value is -3.93. The number of pyridine rings is 2. The number of ether oxygens (including phenoxy) is 1. The van der Waals surface area contributed by atoms with Crippen molar-refractivity contribution in [2.45, 2.75) is 20.0 Å². The van der Waals surface area contributed by atoms with E-state index in [0.29, 0.717) is 35.2 Å². The highest BCUT2D eigenvalue weighted by Gasteiger charge is 2.14. The van der Waals surface area contributed by atoms with Crippen molar-refractivity contribution in [3.8, 4) is 5.75 Å². The molecule has 0 fully saturated rings. The number of aryl methyl sites for hydroxylation is 1. The summed E-state index contributed by atoms with van der Waals surface area (Å²) in [5, 5.41) is 3.33. The minimum absolute atomic E-state index is 0.168. The molecule has 1 amide bonds. The van der Waals surface area contributed by atoms with Crippen LogP contribution in [0.25, 0.3) is 10.9 Å². The number of methoxy groups -OCH3 is 1. The zero-order valence-electron chi connectivity index (χ0n) is 17.5. The minimum atomic E-state index is -0.263. The molecule has 0 radical (unpaired) electrons. The zero-order valence-corrected chi connectivity index (χ0v) is 17.5. The largest absolute Gasteiger partial charge is 0.497 e. The number of amides is 1. The second-order valence-electron chi connectivity index (χ2n) is 7.32. The third-order valence-corrected chi connectivity index (χ3v) is 5.20. The van der Waals surface area contributed by atoms with Crippen LogP contribution >= 0.6 is 0 Å². The quantitative estimate of drug-likeness (QED) is 0.523. The Kier molecular flexibility index (Phi) is 5.80. The standard InChI is InChI=1S/C25H23N3O3/c1-17-21(24(29)26-15-18-8-10-20(31-2)11-9-18)14-22-23(27-17)12-13-28(25(22)30)16-19-6-4-3-5-7-19/h3-14H,15-16H2,1-2H3,(H,26,29). The highest BCUT2D eigenvalue weighted by atomic mass is 16.5. The topological polar surface area (TPSA) is 73.2 Å². The lowest BCUT2D eigenvalue weighted by Crippen LogP contribution is -2.25. The van der Waals surface area contributed by atoms with E-state index < -0.39 is 0 Å². The number of nitrogens with zero attached hydrogens (tertiary/aromatic N) is 2. The number of benzene rings is 2. The number of fused-ring (bicyclic) bond motifs is 1. The summed E-state index contributed by atoms with van der Waals surface area (Å²) in [6.07, 6.45) is 1.74. The third kappa shape index (κ3) is 4.48. The normalized spacial score (nSPS) is 10.8. The molecule has 0 spiro atoms. The number of nitrogens with one attached hydrogen (secondary N) is 1. The highest BCUT2D eigenvalue weighted by molar-refractivity contribution is 5.98. The van der Waals surface area contributed by atoms with Crippen molar-refractivity contribution >= 4 is 16.8 Å². The molecule has 4 aromatic rings. The zero-order chi connectivity index (χ0) is 21.8. The van der Waals surface area contributed by atoms with E-state index in [2.05, 4.69) is 10.3 Å². The van der Waals surface area contributed by atoms with Crippen LogP contribution < -0.4 is 15.6 Å². The van der Waals surface area contributed by atoms with Crippen molar-refractivity contribution < 1.29 is 9.53 Å². The fourth-order valence-electron chi connectivity index (χ4n) is 3.46. The van der Waals surface area contributed by atoms with Crippen LogP contribution in [0.5, 0.6) is 5.75 Å². The van der Waals surface area contributed by atoms with E-state index in [9.17, 15) is 9.59 Å². The fraction of sp³-hybridized carbons (Fsp3) is 0.160. The van der Waals surface area contributed by atoms with Crippen molar-refractivity contribution in [3.05, 3.63) is 106 Å². The molecular formula is C25H23N3O3. The first-order chi connectivity index (χ1) is 15.0. The number of hydrogen-bond donors (Lipinski definition) is 1. The number of carbonyl (C=O) groups is 1. The van der Waals surface area contributed by atoms with Crippen molar-refractivity contribution in [2.24, 2.45) is 0 Å². The molecule has 0 atom stereocenters. The van der Waals surface area contributed by atoms with Gasteiger partial charge >= 0.3 is 0 Å². The van der Waals surface area contributed by atoms with Gasteiger partial charge in [0.05, 0.1) is 35.8 Å². The molecule has 1 N–H and O–H groups in total. The monoisotopic (exact) mass is 413 g/mol. The van der Waals surface area contributed by atoms with Gasteiger partial charge in [-0.15, -0.1) is 0 Å². The van der Waals surface area contributed by atoms with Crippen LogP contribution in [0.4, 0.5) is 0 Å². The van der Waals surface area contributed by atoms with Gasteiger partial charge in [-0.1, -0.05) is 42.5 Å². The molecule has 0 aliphatic heterocycles. The Bertz CT molecular complexity index is 1280. The Labute approximate surface area is 180 Å². The maximum Gasteiger partial charge on any atom is 0.260 e. The molecule has 0 aliphatic carbocycles. The minimum Gasteiger partial charge on any atom is -0.497 e. The van der Waals surface area contributed by atoms with E-state index in [1.807, 2.05) is 60.7 Å². The number of rotatable bonds is 6. The molecule has 0 saturated carbocycles. The maximum absolute atomic E-state index is 13.0. The van der Waals surface area contributed by atoms with Crippen LogP contribution in [-0.2, 0) is 13.1 Å². The highest BCUT2D eigenvalue weighted by Crippen LogP contribution is 2.15. The molecule has 2 heterocycles. The molecule has 0 saturated heterocycles. The molecule has 0 bridgehead atoms. The lowest BCUT2D eigenvalue weighted by atomic mass is 10.1. The van der Waals surface area contributed by atoms with E-state index >= 15 is 0 Å². The van der Waals surface area contributed by atoms with E-state index in [1.54, 1.807) is 30.9 Å². The van der Waals surface area contributed by atoms with Crippen LogP contribution in [0.2, 0.25) is 0 Å². The van der Waals surface area contributed by atoms with Crippen molar-refractivity contribution in [1.82, 2.24) is 14.9 Å². The lowest BCUT2D eigenvalue weighted by molar-refractivity contribution is 0.0950. The third-order valence-electron chi connectivity index (χ3n) is 5.20. The second kappa shape index (κ2) is 8.83. The maximum atomic E-state index is 13.0. The van der Waals surface area contributed by atoms with Crippen molar-refractivity contribution in [2.75, 3.05) is 7.11 Å². The van der Waals surface area contributed by atoms with Gasteiger partial charge in [-0.25, -0.2) is 0 Å². The number of hydrogen-bond acceptors (Lipinski definition) is 4. The predicted molar refractivity (Wildman–Crippen MR) is 120 cm³/mol. The van der Waals surface area contributed by atoms with Crippen LogP contribution in [0.3, 0.4) is 0 Å². The van der Waals surface area contributed by atoms with Gasteiger partial charge in [-0.3, -0.25) is 14.6 Å². The van der Waals surface area contributed by atoms with Crippen molar-refractivity contribution in [3.63, 3.8) is 0 Å². The van der Waals surface area contributed by atoms with E-state index in [1.165, 1.54) is 0 Å². The van der Waals surface area contributed by atoms with Crippen LogP contribution in [0.15, 0.2) is 77.7 Å². The number of aromatic nitrogens is 2. The van der Waals surface area contributed by atoms with Crippen molar-refractivity contribution in [1.29, 1.82) is 0 Å². The molecule has 6 nitrogen and oxygen atoms in total. The molecule has 6 heteroatoms. The molecule has 31 heavy (non-hydrogen) atoms. The Morgan fingerprint density at radius 2 is 1.77 bits per heavy atom. The molecule has 0 aliphatic rings. The summed E-state index contributed by atoms with van der Waals surface area (Å²) in [5.41, 5.74) is 3.37. The van der Waals surface area contributed by atoms with Crippen LogP contribution in [0.1, 0.15) is 27.2 Å². The Balaban J connectivity index is 1.59. The van der Waals surface area contributed by atoms with Crippen LogP contribution in [0, 0.1) is 6.92 Å². The number of carbonyl (C=O) groups excluding carboxylic acids is 1. The summed E-state index contributed by atoms with van der Waals surface area (Å²) < 4.78 is 6.78. The second-order valence-corrected chi connectivity index (χ2v) is 7.32. The molecule has 2 aromatic carbocycles. The van der Waals surface area contributed by atoms with Gasteiger partial charge in [0.2, 0.25) is 0 Å².